The largest absolute Gasteiger partial charge is 0.356 e. The molecule has 2 aromatic heterocycles. The van der Waals surface area contributed by atoms with Crippen LogP contribution in [-0.2, 0) is 17.6 Å². The van der Waals surface area contributed by atoms with Crippen LogP contribution in [0.2, 0.25) is 0 Å². The van der Waals surface area contributed by atoms with E-state index in [2.05, 4.69) is 22.0 Å². The third-order valence-corrected chi connectivity index (χ3v) is 6.80. The minimum Gasteiger partial charge on any atom is -0.356 e. The lowest BCUT2D eigenvalue weighted by Gasteiger charge is -2.34. The van der Waals surface area contributed by atoms with Gasteiger partial charge >= 0.3 is 0 Å². The molecule has 0 unspecified atom stereocenters. The second-order valence-corrected chi connectivity index (χ2v) is 9.38. The Bertz CT molecular complexity index is 954. The molecule has 166 valence electrons. The lowest BCUT2D eigenvalue weighted by Crippen LogP contribution is -2.40. The first-order chi connectivity index (χ1) is 15.1. The van der Waals surface area contributed by atoms with Crippen LogP contribution in [0.1, 0.15) is 73.2 Å². The van der Waals surface area contributed by atoms with Gasteiger partial charge in [0.15, 0.2) is 5.82 Å². The number of carbonyl (C=O) groups is 1. The number of piperidine rings is 1. The summed E-state index contributed by atoms with van der Waals surface area (Å²) in [5, 5.41) is 3.80. The number of likely N-dealkylation sites (tertiary alicyclic amines) is 1. The minimum atomic E-state index is 0.144. The van der Waals surface area contributed by atoms with Crippen molar-refractivity contribution in [1.82, 2.24) is 25.0 Å². The highest BCUT2D eigenvalue weighted by Crippen LogP contribution is 2.36. The number of hydrogen-bond acceptors (Lipinski definition) is 7. The normalized spacial score (nSPS) is 21.3. The van der Waals surface area contributed by atoms with Gasteiger partial charge in [-0.25, -0.2) is 9.97 Å². The maximum Gasteiger partial charge on any atom is 0.227 e. The summed E-state index contributed by atoms with van der Waals surface area (Å²) in [6, 6.07) is 0. The molecule has 1 amide bonds. The molecular formula is C23H32N6O2. The Labute approximate surface area is 183 Å². The third kappa shape index (κ3) is 4.57. The van der Waals surface area contributed by atoms with E-state index in [4.69, 9.17) is 14.5 Å². The highest BCUT2D eigenvalue weighted by Gasteiger charge is 2.31. The van der Waals surface area contributed by atoms with Crippen LogP contribution in [0, 0.1) is 19.8 Å². The molecule has 3 aliphatic rings. The lowest BCUT2D eigenvalue weighted by atomic mass is 9.95. The van der Waals surface area contributed by atoms with E-state index in [0.717, 1.165) is 62.2 Å². The molecule has 1 saturated heterocycles. The number of hydrogen-bond donors (Lipinski definition) is 0. The molecular weight excluding hydrogens is 392 g/mol. The molecule has 1 atom stereocenters. The number of rotatable bonds is 6. The van der Waals surface area contributed by atoms with Crippen LogP contribution in [0.15, 0.2) is 4.52 Å². The van der Waals surface area contributed by atoms with Crippen molar-refractivity contribution in [2.24, 2.45) is 5.92 Å². The predicted molar refractivity (Wildman–Crippen MR) is 116 cm³/mol. The molecule has 8 heteroatoms. The monoisotopic (exact) mass is 424 g/mol. The fraction of sp³-hybridized carbons (Fsp3) is 0.696. The van der Waals surface area contributed by atoms with Gasteiger partial charge in [-0.2, -0.15) is 4.98 Å². The van der Waals surface area contributed by atoms with Crippen LogP contribution < -0.4 is 4.90 Å². The maximum atomic E-state index is 12.8. The zero-order valence-electron chi connectivity index (χ0n) is 18.6. The quantitative estimate of drug-likeness (QED) is 0.704. The van der Waals surface area contributed by atoms with Crippen LogP contribution in [0.25, 0.3) is 0 Å². The van der Waals surface area contributed by atoms with Gasteiger partial charge in [-0.3, -0.25) is 4.79 Å². The first-order valence-electron chi connectivity index (χ1n) is 11.8. The molecule has 4 heterocycles. The fourth-order valence-electron chi connectivity index (χ4n) is 4.91. The SMILES string of the molecule is Cc1noc(CCC(=O)N2CCC[C@@H](c3nc(C)c4c(n3)N(CC3CC3)CCC4)C2)n1. The van der Waals surface area contributed by atoms with Gasteiger partial charge in [0.05, 0.1) is 0 Å². The number of amides is 1. The van der Waals surface area contributed by atoms with Gasteiger partial charge in [0.2, 0.25) is 11.8 Å². The van der Waals surface area contributed by atoms with Crippen molar-refractivity contribution < 1.29 is 9.32 Å². The van der Waals surface area contributed by atoms with E-state index in [0.29, 0.717) is 31.1 Å². The van der Waals surface area contributed by atoms with Gasteiger partial charge in [0, 0.05) is 56.2 Å². The number of carbonyl (C=O) groups excluding carboxylic acids is 1. The smallest absolute Gasteiger partial charge is 0.227 e. The van der Waals surface area contributed by atoms with E-state index in [9.17, 15) is 4.79 Å². The Morgan fingerprint density at radius 3 is 2.74 bits per heavy atom. The summed E-state index contributed by atoms with van der Waals surface area (Å²) in [6.45, 7) is 7.65. The number of aromatic nitrogens is 4. The van der Waals surface area contributed by atoms with E-state index < -0.39 is 0 Å². The average molecular weight is 425 g/mol. The Hall–Kier alpha value is -2.51. The maximum absolute atomic E-state index is 12.8. The summed E-state index contributed by atoms with van der Waals surface area (Å²) in [4.78, 5) is 31.5. The first-order valence-corrected chi connectivity index (χ1v) is 11.8. The van der Waals surface area contributed by atoms with Crippen LogP contribution in [0.3, 0.4) is 0 Å². The van der Waals surface area contributed by atoms with Gasteiger partial charge < -0.3 is 14.3 Å². The highest BCUT2D eigenvalue weighted by atomic mass is 16.5. The fourth-order valence-corrected chi connectivity index (χ4v) is 4.91. The predicted octanol–water partition coefficient (Wildman–Crippen LogP) is 2.98. The summed E-state index contributed by atoms with van der Waals surface area (Å²) in [7, 11) is 0. The summed E-state index contributed by atoms with van der Waals surface area (Å²) in [5.74, 6) is 4.41. The van der Waals surface area contributed by atoms with Gasteiger partial charge in [-0.05, 0) is 58.3 Å². The van der Waals surface area contributed by atoms with Gasteiger partial charge in [0.1, 0.15) is 11.6 Å². The van der Waals surface area contributed by atoms with Crippen molar-refractivity contribution in [3.63, 3.8) is 0 Å². The van der Waals surface area contributed by atoms with Crippen LogP contribution in [0.4, 0.5) is 5.82 Å². The van der Waals surface area contributed by atoms with Crippen molar-refractivity contribution in [3.05, 3.63) is 28.8 Å². The number of aryl methyl sites for hydroxylation is 3. The Balaban J connectivity index is 1.28. The molecule has 8 nitrogen and oxygen atoms in total. The molecule has 0 spiro atoms. The Morgan fingerprint density at radius 1 is 1.10 bits per heavy atom. The zero-order chi connectivity index (χ0) is 21.4. The van der Waals surface area contributed by atoms with Crippen LogP contribution in [0.5, 0.6) is 0 Å². The van der Waals surface area contributed by atoms with E-state index in [1.165, 1.54) is 24.8 Å². The van der Waals surface area contributed by atoms with Gasteiger partial charge in [0.25, 0.3) is 0 Å². The molecule has 0 N–H and O–H groups in total. The molecule has 0 bridgehead atoms. The van der Waals surface area contributed by atoms with E-state index >= 15 is 0 Å². The minimum absolute atomic E-state index is 0.144. The summed E-state index contributed by atoms with van der Waals surface area (Å²) < 4.78 is 5.14. The Morgan fingerprint density at radius 2 is 1.97 bits per heavy atom. The second-order valence-electron chi connectivity index (χ2n) is 9.38. The summed E-state index contributed by atoms with van der Waals surface area (Å²) >= 11 is 0. The number of anilines is 1. The van der Waals surface area contributed by atoms with E-state index in [1.54, 1.807) is 6.92 Å². The van der Waals surface area contributed by atoms with Gasteiger partial charge in [-0.15, -0.1) is 0 Å². The molecule has 2 aliphatic heterocycles. The van der Waals surface area contributed by atoms with Crippen molar-refractivity contribution in [1.29, 1.82) is 0 Å². The standard InChI is InChI=1S/C23H32N6O2/c1-15-19-6-4-12-29(13-17-7-8-17)23(19)26-22(24-15)18-5-3-11-28(14-18)21(30)10-9-20-25-16(2)27-31-20/h17-18H,3-14H2,1-2H3/t18-/m1/s1. The van der Waals surface area contributed by atoms with Crippen molar-refractivity contribution in [2.75, 3.05) is 31.1 Å². The lowest BCUT2D eigenvalue weighted by molar-refractivity contribution is -0.132. The number of fused-ring (bicyclic) bond motifs is 1. The Kier molecular flexibility index (Phi) is 5.63. The highest BCUT2D eigenvalue weighted by molar-refractivity contribution is 5.76. The molecule has 2 aromatic rings. The molecule has 0 radical (unpaired) electrons. The van der Waals surface area contributed by atoms with Crippen molar-refractivity contribution >= 4 is 11.7 Å². The van der Waals surface area contributed by atoms with Crippen molar-refractivity contribution in [3.8, 4) is 0 Å². The average Bonchev–Trinajstić information content (AvgIpc) is 3.50. The van der Waals surface area contributed by atoms with Crippen LogP contribution in [-0.4, -0.2) is 57.1 Å². The van der Waals surface area contributed by atoms with Crippen molar-refractivity contribution in [2.45, 2.75) is 71.1 Å². The van der Waals surface area contributed by atoms with E-state index in [1.807, 2.05) is 4.90 Å². The summed E-state index contributed by atoms with van der Waals surface area (Å²) in [5.41, 5.74) is 2.45. The third-order valence-electron chi connectivity index (χ3n) is 6.80. The zero-order valence-corrected chi connectivity index (χ0v) is 18.6. The number of nitrogens with zero attached hydrogens (tertiary/aromatic N) is 6. The molecule has 1 saturated carbocycles. The second kappa shape index (κ2) is 8.55. The summed E-state index contributed by atoms with van der Waals surface area (Å²) in [6.07, 6.45) is 7.88. The molecule has 0 aromatic carbocycles. The topological polar surface area (TPSA) is 88.2 Å². The molecule has 2 fully saturated rings. The van der Waals surface area contributed by atoms with Crippen LogP contribution >= 0.6 is 0 Å². The van der Waals surface area contributed by atoms with Gasteiger partial charge in [-0.1, -0.05) is 5.16 Å². The first kappa shape index (κ1) is 20.4. The molecule has 5 rings (SSSR count). The molecule has 31 heavy (non-hydrogen) atoms. The van der Waals surface area contributed by atoms with E-state index in [-0.39, 0.29) is 11.8 Å². The molecule has 1 aliphatic carbocycles.